The van der Waals surface area contributed by atoms with Crippen molar-refractivity contribution in [2.24, 2.45) is 5.73 Å². The summed E-state index contributed by atoms with van der Waals surface area (Å²) in [4.78, 5) is 0. The van der Waals surface area contributed by atoms with Gasteiger partial charge in [0.15, 0.2) is 0 Å². The number of anilines is 1. The molecular formula is C11H18N2O3S. The zero-order valence-corrected chi connectivity index (χ0v) is 10.4. The van der Waals surface area contributed by atoms with E-state index in [0.29, 0.717) is 12.1 Å². The average Bonchev–Trinajstić information content (AvgIpc) is 2.26. The van der Waals surface area contributed by atoms with Crippen molar-refractivity contribution >= 4 is 15.7 Å². The molecule has 0 fully saturated rings. The second-order valence-electron chi connectivity index (χ2n) is 3.74. The van der Waals surface area contributed by atoms with Gasteiger partial charge in [0.2, 0.25) is 10.0 Å². The Morgan fingerprint density at radius 1 is 1.35 bits per heavy atom. The van der Waals surface area contributed by atoms with Gasteiger partial charge in [0.05, 0.1) is 5.75 Å². The molecule has 0 aliphatic carbocycles. The van der Waals surface area contributed by atoms with Crippen molar-refractivity contribution in [3.63, 3.8) is 0 Å². The van der Waals surface area contributed by atoms with Crippen LogP contribution in [0.4, 0.5) is 5.69 Å². The fourth-order valence-corrected chi connectivity index (χ4v) is 2.36. The third kappa shape index (κ3) is 5.16. The highest BCUT2D eigenvalue weighted by atomic mass is 32.2. The molecule has 4 N–H and O–H groups in total. The summed E-state index contributed by atoms with van der Waals surface area (Å²) in [6, 6.07) is 7.14. The molecule has 96 valence electrons. The van der Waals surface area contributed by atoms with Crippen LogP contribution in [0, 0.1) is 0 Å². The number of nitrogens with two attached hydrogens (primary N) is 1. The zero-order valence-electron chi connectivity index (χ0n) is 9.59. The Bertz CT molecular complexity index is 446. The molecule has 1 aromatic carbocycles. The first-order valence-electron chi connectivity index (χ1n) is 5.48. The van der Waals surface area contributed by atoms with Gasteiger partial charge >= 0.3 is 0 Å². The predicted octanol–water partition coefficient (Wildman–Crippen LogP) is 0.312. The molecule has 0 saturated carbocycles. The Labute approximate surface area is 102 Å². The van der Waals surface area contributed by atoms with Gasteiger partial charge in [-0.25, -0.2) is 8.42 Å². The molecule has 0 amide bonds. The van der Waals surface area contributed by atoms with E-state index in [1.54, 1.807) is 18.2 Å². The van der Waals surface area contributed by atoms with Gasteiger partial charge in [-0.2, -0.15) is 0 Å². The highest BCUT2D eigenvalue weighted by Crippen LogP contribution is 2.13. The summed E-state index contributed by atoms with van der Waals surface area (Å²) >= 11 is 0. The number of nitrogens with one attached hydrogen (secondary N) is 1. The van der Waals surface area contributed by atoms with E-state index in [2.05, 4.69) is 4.72 Å². The van der Waals surface area contributed by atoms with Gasteiger partial charge < -0.3 is 10.8 Å². The molecule has 0 saturated heterocycles. The van der Waals surface area contributed by atoms with Gasteiger partial charge in [0, 0.05) is 18.8 Å². The van der Waals surface area contributed by atoms with Crippen LogP contribution < -0.4 is 10.5 Å². The number of aliphatic hydroxyl groups is 1. The molecule has 1 rings (SSSR count). The molecular weight excluding hydrogens is 240 g/mol. The number of aryl methyl sites for hydroxylation is 1. The Morgan fingerprint density at radius 3 is 2.76 bits per heavy atom. The maximum absolute atomic E-state index is 11.5. The first-order chi connectivity index (χ1) is 8.07. The maximum Gasteiger partial charge on any atom is 0.233 e. The second kappa shape index (κ2) is 6.58. The van der Waals surface area contributed by atoms with Crippen molar-refractivity contribution in [3.05, 3.63) is 29.8 Å². The Kier molecular flexibility index (Phi) is 5.40. The van der Waals surface area contributed by atoms with Crippen LogP contribution in [0.1, 0.15) is 12.0 Å². The quantitative estimate of drug-likeness (QED) is 0.656. The molecule has 6 heteroatoms. The lowest BCUT2D eigenvalue weighted by Gasteiger charge is -2.08. The van der Waals surface area contributed by atoms with Gasteiger partial charge in [-0.3, -0.25) is 4.72 Å². The minimum atomic E-state index is -3.35. The first-order valence-corrected chi connectivity index (χ1v) is 7.13. The molecule has 0 heterocycles. The number of benzene rings is 1. The SMILES string of the molecule is NCCS(=O)(=O)Nc1cccc(CCCO)c1. The molecule has 0 aromatic heterocycles. The summed E-state index contributed by atoms with van der Waals surface area (Å²) in [7, 11) is -3.35. The number of sulfonamides is 1. The second-order valence-corrected chi connectivity index (χ2v) is 5.58. The lowest BCUT2D eigenvalue weighted by atomic mass is 10.1. The Balaban J connectivity index is 2.71. The van der Waals surface area contributed by atoms with Crippen molar-refractivity contribution in [1.82, 2.24) is 0 Å². The molecule has 5 nitrogen and oxygen atoms in total. The Hall–Kier alpha value is -1.11. The lowest BCUT2D eigenvalue weighted by Crippen LogP contribution is -2.22. The van der Waals surface area contributed by atoms with E-state index in [9.17, 15) is 8.42 Å². The summed E-state index contributed by atoms with van der Waals surface area (Å²) in [5.41, 5.74) is 6.75. The number of rotatable bonds is 7. The van der Waals surface area contributed by atoms with E-state index in [0.717, 1.165) is 12.0 Å². The third-order valence-corrected chi connectivity index (χ3v) is 3.53. The van der Waals surface area contributed by atoms with Crippen molar-refractivity contribution in [2.75, 3.05) is 23.6 Å². The van der Waals surface area contributed by atoms with Crippen LogP contribution in [0.25, 0.3) is 0 Å². The summed E-state index contributed by atoms with van der Waals surface area (Å²) in [5.74, 6) is -0.0894. The maximum atomic E-state index is 11.5. The van der Waals surface area contributed by atoms with Gasteiger partial charge in [0.1, 0.15) is 0 Å². The number of hydrogen-bond donors (Lipinski definition) is 3. The number of aliphatic hydroxyl groups excluding tert-OH is 1. The van der Waals surface area contributed by atoms with Crippen LogP contribution in [0.15, 0.2) is 24.3 Å². The molecule has 1 aromatic rings. The molecule has 0 atom stereocenters. The normalized spacial score (nSPS) is 11.4. The highest BCUT2D eigenvalue weighted by molar-refractivity contribution is 7.92. The van der Waals surface area contributed by atoms with Gasteiger partial charge in [-0.15, -0.1) is 0 Å². The first kappa shape index (κ1) is 14.0. The molecule has 0 aliphatic heterocycles. The van der Waals surface area contributed by atoms with E-state index < -0.39 is 10.0 Å². The van der Waals surface area contributed by atoms with Crippen LogP contribution >= 0.6 is 0 Å². The third-order valence-electron chi connectivity index (χ3n) is 2.21. The van der Waals surface area contributed by atoms with Gasteiger partial charge in [-0.1, -0.05) is 12.1 Å². The fraction of sp³-hybridized carbons (Fsp3) is 0.455. The molecule has 0 bridgehead atoms. The molecule has 0 spiro atoms. The molecule has 0 radical (unpaired) electrons. The highest BCUT2D eigenvalue weighted by Gasteiger charge is 2.08. The van der Waals surface area contributed by atoms with Crippen molar-refractivity contribution in [2.45, 2.75) is 12.8 Å². The smallest absolute Gasteiger partial charge is 0.233 e. The van der Waals surface area contributed by atoms with E-state index in [1.165, 1.54) is 0 Å². The van der Waals surface area contributed by atoms with Gasteiger partial charge in [-0.05, 0) is 30.5 Å². The minimum absolute atomic E-state index is 0.0894. The monoisotopic (exact) mass is 258 g/mol. The van der Waals surface area contributed by atoms with Crippen LogP contribution in [-0.4, -0.2) is 32.4 Å². The fourth-order valence-electron chi connectivity index (χ4n) is 1.46. The minimum Gasteiger partial charge on any atom is -0.396 e. The van der Waals surface area contributed by atoms with Crippen LogP contribution in [0.3, 0.4) is 0 Å². The van der Waals surface area contributed by atoms with E-state index in [-0.39, 0.29) is 18.9 Å². The van der Waals surface area contributed by atoms with Crippen molar-refractivity contribution < 1.29 is 13.5 Å². The molecule has 0 unspecified atom stereocenters. The van der Waals surface area contributed by atoms with E-state index >= 15 is 0 Å². The number of hydrogen-bond acceptors (Lipinski definition) is 4. The predicted molar refractivity (Wildman–Crippen MR) is 68.3 cm³/mol. The standard InChI is InChI=1S/C11H18N2O3S/c12-6-8-17(15,16)13-11-5-1-3-10(9-11)4-2-7-14/h1,3,5,9,13-14H,2,4,6-8,12H2. The molecule has 0 aliphatic rings. The van der Waals surface area contributed by atoms with Crippen LogP contribution in [0.5, 0.6) is 0 Å². The average molecular weight is 258 g/mol. The Morgan fingerprint density at radius 2 is 2.12 bits per heavy atom. The van der Waals surface area contributed by atoms with E-state index in [4.69, 9.17) is 10.8 Å². The van der Waals surface area contributed by atoms with Crippen LogP contribution in [-0.2, 0) is 16.4 Å². The van der Waals surface area contributed by atoms with Crippen molar-refractivity contribution in [1.29, 1.82) is 0 Å². The summed E-state index contributed by atoms with van der Waals surface area (Å²) < 4.78 is 25.5. The lowest BCUT2D eigenvalue weighted by molar-refractivity contribution is 0.288. The summed E-state index contributed by atoms with van der Waals surface area (Å²) in [6.45, 7) is 0.225. The zero-order chi connectivity index (χ0) is 12.7. The van der Waals surface area contributed by atoms with Crippen molar-refractivity contribution in [3.8, 4) is 0 Å². The van der Waals surface area contributed by atoms with E-state index in [1.807, 2.05) is 6.07 Å². The topological polar surface area (TPSA) is 92.4 Å². The molecule has 17 heavy (non-hydrogen) atoms. The largest absolute Gasteiger partial charge is 0.396 e. The summed E-state index contributed by atoms with van der Waals surface area (Å²) in [5, 5.41) is 8.73. The van der Waals surface area contributed by atoms with Crippen LogP contribution in [0.2, 0.25) is 0 Å². The summed E-state index contributed by atoms with van der Waals surface area (Å²) in [6.07, 6.45) is 1.39. The van der Waals surface area contributed by atoms with Gasteiger partial charge in [0.25, 0.3) is 0 Å².